The number of rotatable bonds is 6. The average Bonchev–Trinajstić information content (AvgIpc) is 3.27. The van der Waals surface area contributed by atoms with Gasteiger partial charge in [-0.05, 0) is 84.9 Å². The predicted molar refractivity (Wildman–Crippen MR) is 109 cm³/mol. The van der Waals surface area contributed by atoms with Crippen LogP contribution in [0.3, 0.4) is 0 Å². The van der Waals surface area contributed by atoms with Gasteiger partial charge in [0.1, 0.15) is 5.75 Å². The van der Waals surface area contributed by atoms with E-state index in [9.17, 15) is 18.0 Å². The molecule has 0 unspecified atom stereocenters. The van der Waals surface area contributed by atoms with E-state index >= 15 is 0 Å². The average molecular weight is 445 g/mol. The number of carbonyl (C=O) groups excluding carboxylic acids is 1. The number of alkyl halides is 3. The standard InChI is InChI=1S/C22H22F3N5O2/c1-32-19-8-2-15(3-9-19)21(31)16-10-12-29(13-11-16)14-20-26-27-28-30(20)18-6-4-17(5-7-18)22(23,24)25/h2-9,16H,10-14H2,1H3. The monoisotopic (exact) mass is 445 g/mol. The zero-order valence-corrected chi connectivity index (χ0v) is 17.4. The SMILES string of the molecule is COc1ccc(C(=O)C2CCN(Cc3nnnn3-c3ccc(C(F)(F)F)cc3)CC2)cc1. The van der Waals surface area contributed by atoms with Crippen LogP contribution in [0.2, 0.25) is 0 Å². The highest BCUT2D eigenvalue weighted by molar-refractivity contribution is 5.98. The summed E-state index contributed by atoms with van der Waals surface area (Å²) in [5.41, 5.74) is 0.414. The Morgan fingerprint density at radius 3 is 2.31 bits per heavy atom. The minimum absolute atomic E-state index is 0.0504. The van der Waals surface area contributed by atoms with Crippen molar-refractivity contribution < 1.29 is 22.7 Å². The molecule has 2 aromatic carbocycles. The van der Waals surface area contributed by atoms with Gasteiger partial charge in [0.2, 0.25) is 0 Å². The molecule has 1 aromatic heterocycles. The summed E-state index contributed by atoms with van der Waals surface area (Å²) in [5, 5.41) is 11.6. The summed E-state index contributed by atoms with van der Waals surface area (Å²) in [6.45, 7) is 1.84. The molecule has 168 valence electrons. The maximum absolute atomic E-state index is 12.8. The van der Waals surface area contributed by atoms with Gasteiger partial charge in [0.05, 0.1) is 24.9 Å². The molecule has 7 nitrogen and oxygen atoms in total. The molecule has 0 radical (unpaired) electrons. The van der Waals surface area contributed by atoms with Crippen LogP contribution in [-0.2, 0) is 12.7 Å². The molecule has 1 saturated heterocycles. The van der Waals surface area contributed by atoms with Gasteiger partial charge in [0.15, 0.2) is 11.6 Å². The second-order valence-corrected chi connectivity index (χ2v) is 7.69. The van der Waals surface area contributed by atoms with Crippen LogP contribution in [-0.4, -0.2) is 51.1 Å². The van der Waals surface area contributed by atoms with Crippen LogP contribution < -0.4 is 4.74 Å². The van der Waals surface area contributed by atoms with Gasteiger partial charge in [0.25, 0.3) is 0 Å². The molecule has 1 aliphatic rings. The van der Waals surface area contributed by atoms with Crippen LogP contribution in [0.5, 0.6) is 5.75 Å². The van der Waals surface area contributed by atoms with Crippen molar-refractivity contribution >= 4 is 5.78 Å². The van der Waals surface area contributed by atoms with E-state index in [0.717, 1.165) is 12.1 Å². The second-order valence-electron chi connectivity index (χ2n) is 7.69. The minimum Gasteiger partial charge on any atom is -0.497 e. The molecule has 0 atom stereocenters. The Morgan fingerprint density at radius 2 is 1.72 bits per heavy atom. The molecular formula is C22H22F3N5O2. The largest absolute Gasteiger partial charge is 0.497 e. The summed E-state index contributed by atoms with van der Waals surface area (Å²) in [6, 6.07) is 11.9. The van der Waals surface area contributed by atoms with Gasteiger partial charge in [-0.3, -0.25) is 9.69 Å². The number of Topliss-reactive ketones (excluding diaryl/α,β-unsaturated/α-hetero) is 1. The highest BCUT2D eigenvalue weighted by Gasteiger charge is 2.30. The first-order valence-corrected chi connectivity index (χ1v) is 10.2. The molecule has 0 N–H and O–H groups in total. The lowest BCUT2D eigenvalue weighted by Gasteiger charge is -2.30. The molecule has 4 rings (SSSR count). The normalized spacial score (nSPS) is 15.6. The smallest absolute Gasteiger partial charge is 0.416 e. The van der Waals surface area contributed by atoms with Crippen molar-refractivity contribution in [1.29, 1.82) is 0 Å². The Kier molecular flexibility index (Phi) is 6.22. The number of hydrogen-bond donors (Lipinski definition) is 0. The number of ketones is 1. The Bertz CT molecular complexity index is 1060. The summed E-state index contributed by atoms with van der Waals surface area (Å²) in [7, 11) is 1.58. The Balaban J connectivity index is 1.37. The highest BCUT2D eigenvalue weighted by Crippen LogP contribution is 2.30. The molecule has 0 amide bonds. The van der Waals surface area contributed by atoms with Gasteiger partial charge in [0, 0.05) is 11.5 Å². The number of tetrazole rings is 1. The molecule has 0 saturated carbocycles. The third-order valence-electron chi connectivity index (χ3n) is 5.67. The zero-order valence-electron chi connectivity index (χ0n) is 17.4. The van der Waals surface area contributed by atoms with E-state index in [0.29, 0.717) is 55.3 Å². The summed E-state index contributed by atoms with van der Waals surface area (Å²) in [6.07, 6.45) is -2.96. The van der Waals surface area contributed by atoms with Crippen LogP contribution in [0.4, 0.5) is 13.2 Å². The molecule has 10 heteroatoms. The lowest BCUT2D eigenvalue weighted by molar-refractivity contribution is -0.137. The Hall–Kier alpha value is -3.27. The topological polar surface area (TPSA) is 73.1 Å². The fourth-order valence-electron chi connectivity index (χ4n) is 3.84. The van der Waals surface area contributed by atoms with Crippen molar-refractivity contribution in [3.05, 3.63) is 65.5 Å². The van der Waals surface area contributed by atoms with Crippen molar-refractivity contribution in [3.63, 3.8) is 0 Å². The number of piperidine rings is 1. The third kappa shape index (κ3) is 4.80. The van der Waals surface area contributed by atoms with Gasteiger partial charge < -0.3 is 4.74 Å². The number of nitrogens with zero attached hydrogens (tertiary/aromatic N) is 5. The third-order valence-corrected chi connectivity index (χ3v) is 5.67. The summed E-state index contributed by atoms with van der Waals surface area (Å²) < 4.78 is 45.0. The molecule has 0 spiro atoms. The Morgan fingerprint density at radius 1 is 1.06 bits per heavy atom. The first kappa shape index (κ1) is 21.9. The maximum atomic E-state index is 12.8. The van der Waals surface area contributed by atoms with Crippen molar-refractivity contribution in [2.45, 2.75) is 25.6 Å². The lowest BCUT2D eigenvalue weighted by atomic mass is 9.89. The van der Waals surface area contributed by atoms with Crippen LogP contribution in [0.1, 0.15) is 34.6 Å². The molecule has 3 aromatic rings. The van der Waals surface area contributed by atoms with Crippen molar-refractivity contribution in [3.8, 4) is 11.4 Å². The number of carbonyl (C=O) groups is 1. The number of methoxy groups -OCH3 is 1. The van der Waals surface area contributed by atoms with Gasteiger partial charge in [-0.25, -0.2) is 0 Å². The van der Waals surface area contributed by atoms with E-state index in [1.807, 2.05) is 0 Å². The maximum Gasteiger partial charge on any atom is 0.416 e. The van der Waals surface area contributed by atoms with E-state index in [1.165, 1.54) is 16.8 Å². The van der Waals surface area contributed by atoms with E-state index in [1.54, 1.807) is 31.4 Å². The van der Waals surface area contributed by atoms with Crippen LogP contribution >= 0.6 is 0 Å². The van der Waals surface area contributed by atoms with Gasteiger partial charge in [-0.15, -0.1) is 5.10 Å². The van der Waals surface area contributed by atoms with E-state index in [-0.39, 0.29) is 11.7 Å². The van der Waals surface area contributed by atoms with E-state index in [2.05, 4.69) is 20.4 Å². The molecule has 0 aliphatic carbocycles. The van der Waals surface area contributed by atoms with E-state index in [4.69, 9.17) is 4.74 Å². The van der Waals surface area contributed by atoms with Crippen LogP contribution in [0.15, 0.2) is 48.5 Å². The summed E-state index contributed by atoms with van der Waals surface area (Å²) >= 11 is 0. The number of ether oxygens (including phenoxy) is 1. The minimum atomic E-state index is -4.39. The van der Waals surface area contributed by atoms with Gasteiger partial charge in [-0.2, -0.15) is 17.9 Å². The number of benzene rings is 2. The lowest BCUT2D eigenvalue weighted by Crippen LogP contribution is -2.36. The molecule has 1 aliphatic heterocycles. The van der Waals surface area contributed by atoms with Crippen molar-refractivity contribution in [2.24, 2.45) is 5.92 Å². The van der Waals surface area contributed by atoms with Gasteiger partial charge in [-0.1, -0.05) is 0 Å². The summed E-state index contributed by atoms with van der Waals surface area (Å²) in [5.74, 6) is 1.32. The molecule has 32 heavy (non-hydrogen) atoms. The first-order valence-electron chi connectivity index (χ1n) is 10.2. The summed E-state index contributed by atoms with van der Waals surface area (Å²) in [4.78, 5) is 14.9. The molecule has 1 fully saturated rings. The first-order chi connectivity index (χ1) is 15.3. The quantitative estimate of drug-likeness (QED) is 0.538. The predicted octanol–water partition coefficient (Wildman–Crippen LogP) is 3.78. The van der Waals surface area contributed by atoms with Crippen LogP contribution in [0.25, 0.3) is 5.69 Å². The second kappa shape index (κ2) is 9.07. The van der Waals surface area contributed by atoms with Crippen molar-refractivity contribution in [1.82, 2.24) is 25.1 Å². The fourth-order valence-corrected chi connectivity index (χ4v) is 3.84. The number of hydrogen-bond acceptors (Lipinski definition) is 6. The van der Waals surface area contributed by atoms with Gasteiger partial charge >= 0.3 is 6.18 Å². The zero-order chi connectivity index (χ0) is 22.7. The van der Waals surface area contributed by atoms with E-state index < -0.39 is 11.7 Å². The number of likely N-dealkylation sites (tertiary alicyclic amines) is 1. The van der Waals surface area contributed by atoms with Crippen LogP contribution in [0, 0.1) is 5.92 Å². The van der Waals surface area contributed by atoms with Crippen molar-refractivity contribution in [2.75, 3.05) is 20.2 Å². The highest BCUT2D eigenvalue weighted by atomic mass is 19.4. The Labute approximate surface area is 182 Å². The fraction of sp³-hybridized carbons (Fsp3) is 0.364. The molecule has 2 heterocycles. The molecule has 0 bridgehead atoms. The number of aromatic nitrogens is 4. The molecular weight excluding hydrogens is 423 g/mol. The number of halogens is 3.